The van der Waals surface area contributed by atoms with Crippen molar-refractivity contribution in [1.29, 1.82) is 0 Å². The molecule has 0 heterocycles. The smallest absolute Gasteiger partial charge is 0.153 e. The number of rotatable bonds is 3. The maximum absolute atomic E-state index is 5.39. The molecule has 0 aromatic heterocycles. The van der Waals surface area contributed by atoms with Crippen molar-refractivity contribution in [3.63, 3.8) is 0 Å². The predicted octanol–water partition coefficient (Wildman–Crippen LogP) is 1.24. The van der Waals surface area contributed by atoms with Crippen molar-refractivity contribution in [2.75, 3.05) is 12.8 Å². The molecule has 0 saturated heterocycles. The molecule has 0 bridgehead atoms. The van der Waals surface area contributed by atoms with Crippen molar-refractivity contribution in [2.24, 2.45) is 10.7 Å². The summed E-state index contributed by atoms with van der Waals surface area (Å²) in [4.78, 5) is 3.78. The van der Waals surface area contributed by atoms with Crippen molar-refractivity contribution >= 4 is 16.9 Å². The van der Waals surface area contributed by atoms with Crippen LogP contribution >= 0.6 is 11.8 Å². The van der Waals surface area contributed by atoms with E-state index in [4.69, 9.17) is 5.73 Å². The minimum Gasteiger partial charge on any atom is -0.379 e. The van der Waals surface area contributed by atoms with E-state index in [9.17, 15) is 0 Å². The number of amidine groups is 1. The van der Waals surface area contributed by atoms with E-state index in [2.05, 4.69) is 11.6 Å². The van der Waals surface area contributed by atoms with Gasteiger partial charge in [0.05, 0.1) is 0 Å². The minimum absolute atomic E-state index is 0.650. The van der Waals surface area contributed by atoms with E-state index in [1.54, 1.807) is 18.8 Å². The number of nitrogens with zero attached hydrogens (tertiary/aromatic N) is 1. The summed E-state index contributed by atoms with van der Waals surface area (Å²) in [6, 6.07) is 0. The topological polar surface area (TPSA) is 38.4 Å². The average Bonchev–Trinajstić information content (AvgIpc) is 1.89. The van der Waals surface area contributed by atoms with E-state index in [1.807, 2.05) is 6.08 Å². The van der Waals surface area contributed by atoms with Crippen LogP contribution in [0.25, 0.3) is 0 Å². The zero-order valence-corrected chi connectivity index (χ0v) is 6.45. The monoisotopic (exact) mass is 144 g/mol. The lowest BCUT2D eigenvalue weighted by molar-refractivity contribution is 1.26. The lowest BCUT2D eigenvalue weighted by atomic mass is 10.5. The van der Waals surface area contributed by atoms with E-state index in [0.717, 1.165) is 12.2 Å². The average molecular weight is 144 g/mol. The molecule has 0 aliphatic heterocycles. The fourth-order valence-electron chi connectivity index (χ4n) is 0.311. The fourth-order valence-corrected chi connectivity index (χ4v) is 0.934. The van der Waals surface area contributed by atoms with Crippen LogP contribution in [0.5, 0.6) is 0 Å². The Hall–Kier alpha value is -0.440. The minimum atomic E-state index is 0.650. The zero-order chi connectivity index (χ0) is 7.11. The van der Waals surface area contributed by atoms with Gasteiger partial charge < -0.3 is 5.73 Å². The number of hydrogen-bond acceptors (Lipinski definition) is 2. The van der Waals surface area contributed by atoms with Gasteiger partial charge in [-0.1, -0.05) is 17.8 Å². The van der Waals surface area contributed by atoms with E-state index in [0.29, 0.717) is 5.17 Å². The van der Waals surface area contributed by atoms with Gasteiger partial charge >= 0.3 is 0 Å². The molecule has 2 nitrogen and oxygen atoms in total. The molecule has 0 aliphatic rings. The van der Waals surface area contributed by atoms with Crippen molar-refractivity contribution < 1.29 is 0 Å². The maximum atomic E-state index is 5.39. The van der Waals surface area contributed by atoms with Gasteiger partial charge in [-0.15, -0.1) is 6.58 Å². The van der Waals surface area contributed by atoms with Gasteiger partial charge in [0.1, 0.15) is 0 Å². The zero-order valence-electron chi connectivity index (χ0n) is 5.63. The third-order valence-corrected chi connectivity index (χ3v) is 1.71. The highest BCUT2D eigenvalue weighted by Gasteiger charge is 1.87. The summed E-state index contributed by atoms with van der Waals surface area (Å²) in [5, 5.41) is 0.650. The van der Waals surface area contributed by atoms with Gasteiger partial charge in [-0.25, -0.2) is 0 Å². The van der Waals surface area contributed by atoms with E-state index >= 15 is 0 Å². The van der Waals surface area contributed by atoms with Gasteiger partial charge in [0.2, 0.25) is 0 Å². The Labute approximate surface area is 60.2 Å². The molecule has 0 radical (unpaired) electrons. The molecule has 0 unspecified atom stereocenters. The molecule has 0 aromatic rings. The molecule has 2 N–H and O–H groups in total. The number of aliphatic imine (C=N–C) groups is 1. The van der Waals surface area contributed by atoms with Crippen LogP contribution in [0, 0.1) is 0 Å². The van der Waals surface area contributed by atoms with E-state index in [-0.39, 0.29) is 0 Å². The highest BCUT2D eigenvalue weighted by Crippen LogP contribution is 2.01. The van der Waals surface area contributed by atoms with Crippen LogP contribution in [-0.4, -0.2) is 18.0 Å². The summed E-state index contributed by atoms with van der Waals surface area (Å²) in [7, 11) is 1.69. The SMILES string of the molecule is C=CCCSC(N)=NC. The fraction of sp³-hybridized carbons (Fsp3) is 0.500. The molecule has 0 aliphatic carbocycles. The first-order valence-corrected chi connectivity index (χ1v) is 3.75. The first-order chi connectivity index (χ1) is 4.31. The Bertz CT molecular complexity index is 110. The van der Waals surface area contributed by atoms with Crippen LogP contribution in [0.15, 0.2) is 17.6 Å². The molecule has 0 atom stereocenters. The Morgan fingerprint density at radius 2 is 2.56 bits per heavy atom. The molecule has 0 fully saturated rings. The van der Waals surface area contributed by atoms with Crippen LogP contribution < -0.4 is 5.73 Å². The molecular weight excluding hydrogens is 132 g/mol. The summed E-state index contributed by atoms with van der Waals surface area (Å²) in [6.45, 7) is 3.59. The molecule has 0 rings (SSSR count). The summed E-state index contributed by atoms with van der Waals surface area (Å²) >= 11 is 1.56. The molecule has 52 valence electrons. The Morgan fingerprint density at radius 1 is 1.89 bits per heavy atom. The van der Waals surface area contributed by atoms with Gasteiger partial charge in [0.15, 0.2) is 5.17 Å². The molecule has 3 heteroatoms. The van der Waals surface area contributed by atoms with E-state index in [1.165, 1.54) is 0 Å². The Kier molecular flexibility index (Phi) is 5.41. The standard InChI is InChI=1S/C6H12N2S/c1-3-4-5-9-6(7)8-2/h3H,1,4-5H2,2H3,(H2,7,8). The number of nitrogens with two attached hydrogens (primary N) is 1. The van der Waals surface area contributed by atoms with Crippen LogP contribution in [0.4, 0.5) is 0 Å². The van der Waals surface area contributed by atoms with Crippen LogP contribution in [-0.2, 0) is 0 Å². The predicted molar refractivity (Wildman–Crippen MR) is 44.8 cm³/mol. The van der Waals surface area contributed by atoms with Crippen LogP contribution in [0.2, 0.25) is 0 Å². The van der Waals surface area contributed by atoms with E-state index < -0.39 is 0 Å². The molecule has 0 aromatic carbocycles. The van der Waals surface area contributed by atoms with Gasteiger partial charge in [0.25, 0.3) is 0 Å². The summed E-state index contributed by atoms with van der Waals surface area (Å²) in [5.41, 5.74) is 5.39. The molecule has 0 saturated carbocycles. The van der Waals surface area contributed by atoms with Gasteiger partial charge in [0, 0.05) is 12.8 Å². The lowest BCUT2D eigenvalue weighted by Gasteiger charge is -1.94. The second-order valence-electron chi connectivity index (χ2n) is 1.49. The number of allylic oxidation sites excluding steroid dienone is 1. The molecular formula is C6H12N2S. The van der Waals surface area contributed by atoms with Gasteiger partial charge in [-0.2, -0.15) is 0 Å². The van der Waals surface area contributed by atoms with Crippen LogP contribution in [0.3, 0.4) is 0 Å². The summed E-state index contributed by atoms with van der Waals surface area (Å²) in [5.74, 6) is 0.979. The normalized spacial score (nSPS) is 11.4. The largest absolute Gasteiger partial charge is 0.379 e. The molecule has 0 spiro atoms. The second-order valence-corrected chi connectivity index (χ2v) is 2.60. The lowest BCUT2D eigenvalue weighted by Crippen LogP contribution is -2.06. The van der Waals surface area contributed by atoms with Gasteiger partial charge in [-0.05, 0) is 6.42 Å². The Morgan fingerprint density at radius 3 is 3.00 bits per heavy atom. The number of hydrogen-bond donors (Lipinski definition) is 1. The summed E-state index contributed by atoms with van der Waals surface area (Å²) < 4.78 is 0. The molecule has 9 heavy (non-hydrogen) atoms. The van der Waals surface area contributed by atoms with Gasteiger partial charge in [-0.3, -0.25) is 4.99 Å². The Balaban J connectivity index is 3.17. The molecule has 0 amide bonds. The summed E-state index contributed by atoms with van der Waals surface area (Å²) in [6.07, 6.45) is 2.86. The second kappa shape index (κ2) is 5.69. The van der Waals surface area contributed by atoms with Crippen molar-refractivity contribution in [3.05, 3.63) is 12.7 Å². The third kappa shape index (κ3) is 5.43. The number of thioether (sulfide) groups is 1. The van der Waals surface area contributed by atoms with Crippen LogP contribution in [0.1, 0.15) is 6.42 Å². The van der Waals surface area contributed by atoms with Crippen molar-refractivity contribution in [2.45, 2.75) is 6.42 Å². The quantitative estimate of drug-likeness (QED) is 0.280. The highest BCUT2D eigenvalue weighted by molar-refractivity contribution is 8.13. The van der Waals surface area contributed by atoms with Crippen molar-refractivity contribution in [3.8, 4) is 0 Å². The highest BCUT2D eigenvalue weighted by atomic mass is 32.2. The first-order valence-electron chi connectivity index (χ1n) is 2.77. The maximum Gasteiger partial charge on any atom is 0.153 e. The first kappa shape index (κ1) is 8.56. The van der Waals surface area contributed by atoms with Crippen molar-refractivity contribution in [1.82, 2.24) is 0 Å². The third-order valence-electron chi connectivity index (χ3n) is 0.792.